The molecule has 0 fully saturated rings. The summed E-state index contributed by atoms with van der Waals surface area (Å²) in [4.78, 5) is 30.0. The van der Waals surface area contributed by atoms with Crippen molar-refractivity contribution in [3.8, 4) is 17.2 Å². The molecule has 2 aromatic carbocycles. The van der Waals surface area contributed by atoms with E-state index in [1.54, 1.807) is 30.3 Å². The highest BCUT2D eigenvalue weighted by Gasteiger charge is 2.41. The van der Waals surface area contributed by atoms with Gasteiger partial charge in [-0.3, -0.25) is 9.59 Å². The minimum Gasteiger partial charge on any atom is -0.868 e. The molecule has 4 rings (SSSR count). The van der Waals surface area contributed by atoms with Crippen LogP contribution in [0.15, 0.2) is 58.2 Å². The zero-order valence-corrected chi connectivity index (χ0v) is 22.5. The molecule has 202 valence electrons. The quantitative estimate of drug-likeness (QED) is 0.364. The number of ether oxygens (including phenoxy) is 3. The predicted molar refractivity (Wildman–Crippen MR) is 140 cm³/mol. The molecule has 9 nitrogen and oxygen atoms in total. The van der Waals surface area contributed by atoms with Crippen LogP contribution in [0.25, 0.3) is 11.0 Å². The minimum absolute atomic E-state index is 0.00854. The summed E-state index contributed by atoms with van der Waals surface area (Å²) >= 11 is 0. The highest BCUT2D eigenvalue weighted by atomic mass is 16.5. The molecule has 0 bridgehead atoms. The first-order valence-corrected chi connectivity index (χ1v) is 12.8. The molecule has 1 unspecified atom stereocenters. The fourth-order valence-electron chi connectivity index (χ4n) is 5.04. The van der Waals surface area contributed by atoms with Crippen LogP contribution in [0.1, 0.15) is 42.4 Å². The maximum atomic E-state index is 13.8. The fraction of sp³-hybridized carbons (Fsp3) is 0.379. The lowest BCUT2D eigenvalue weighted by Crippen LogP contribution is -3.11. The van der Waals surface area contributed by atoms with Crippen LogP contribution in [-0.4, -0.2) is 64.1 Å². The molecule has 1 atom stereocenters. The molecule has 0 radical (unpaired) electrons. The Morgan fingerprint density at radius 3 is 2.26 bits per heavy atom. The molecule has 0 aliphatic carbocycles. The van der Waals surface area contributed by atoms with Crippen LogP contribution in [0.2, 0.25) is 0 Å². The van der Waals surface area contributed by atoms with Gasteiger partial charge in [0.2, 0.25) is 17.4 Å². The highest BCUT2D eigenvalue weighted by Crippen LogP contribution is 2.45. The van der Waals surface area contributed by atoms with Crippen LogP contribution in [0.4, 0.5) is 0 Å². The predicted octanol–water partition coefficient (Wildman–Crippen LogP) is 2.15. The Balaban J connectivity index is 1.80. The van der Waals surface area contributed by atoms with Gasteiger partial charge in [-0.1, -0.05) is 18.2 Å². The van der Waals surface area contributed by atoms with Gasteiger partial charge >= 0.3 is 0 Å². The first-order chi connectivity index (χ1) is 18.4. The molecular formula is C29H34N2O7. The Hall–Kier alpha value is -3.98. The van der Waals surface area contributed by atoms with Gasteiger partial charge in [-0.2, -0.15) is 0 Å². The molecule has 1 aliphatic rings. The standard InChI is InChI=1S/C29H34N2O7/c1-6-30(7-2)13-10-14-31-25(19-16-22(35-3)28(37-5)23(17-19)36-4)24(27(33)29(31)34)26(32)21-15-18-11-8-9-12-20(18)38-21/h8-9,11-12,15-17,25,33H,6-7,10,13-14H2,1-5H3. The third-order valence-corrected chi connectivity index (χ3v) is 7.11. The highest BCUT2D eigenvalue weighted by molar-refractivity contribution is 6.15. The Morgan fingerprint density at radius 1 is 1.03 bits per heavy atom. The van der Waals surface area contributed by atoms with Crippen LogP contribution in [0.3, 0.4) is 0 Å². The van der Waals surface area contributed by atoms with E-state index in [-0.39, 0.29) is 11.3 Å². The van der Waals surface area contributed by atoms with Gasteiger partial charge in [0.25, 0.3) is 0 Å². The number of nitrogens with one attached hydrogen (secondary N) is 1. The molecule has 1 aromatic heterocycles. The van der Waals surface area contributed by atoms with Crippen LogP contribution >= 0.6 is 0 Å². The van der Waals surface area contributed by atoms with Gasteiger partial charge in [-0.15, -0.1) is 0 Å². The molecule has 1 amide bonds. The summed E-state index contributed by atoms with van der Waals surface area (Å²) in [5.41, 5.74) is 0.878. The number of Topliss-reactive ketones (excluding diaryl/α,β-unsaturated/α-hetero) is 1. The molecule has 1 aliphatic heterocycles. The van der Waals surface area contributed by atoms with E-state index in [1.165, 1.54) is 31.1 Å². The van der Waals surface area contributed by atoms with E-state index in [0.29, 0.717) is 41.4 Å². The fourth-order valence-corrected chi connectivity index (χ4v) is 5.04. The topological polar surface area (TPSA) is 106 Å². The van der Waals surface area contributed by atoms with Crippen molar-refractivity contribution in [3.05, 3.63) is 65.1 Å². The zero-order valence-electron chi connectivity index (χ0n) is 22.5. The number of rotatable bonds is 12. The van der Waals surface area contributed by atoms with Crippen LogP contribution < -0.4 is 24.2 Å². The summed E-state index contributed by atoms with van der Waals surface area (Å²) in [7, 11) is 4.47. The lowest BCUT2D eigenvalue weighted by Gasteiger charge is -2.29. The number of furan rings is 1. The Kier molecular flexibility index (Phi) is 8.26. The molecule has 1 N–H and O–H groups in total. The van der Waals surface area contributed by atoms with E-state index < -0.39 is 23.5 Å². The van der Waals surface area contributed by atoms with Crippen molar-refractivity contribution in [1.29, 1.82) is 0 Å². The largest absolute Gasteiger partial charge is 0.868 e. The second-order valence-electron chi connectivity index (χ2n) is 9.14. The lowest BCUT2D eigenvalue weighted by atomic mass is 9.94. The summed E-state index contributed by atoms with van der Waals surface area (Å²) in [5.74, 6) is -1.06. The smallest absolute Gasteiger partial charge is 0.239 e. The monoisotopic (exact) mass is 522 g/mol. The number of hydrogen-bond donors (Lipinski definition) is 1. The van der Waals surface area contributed by atoms with Gasteiger partial charge in [0.1, 0.15) is 5.58 Å². The molecule has 0 spiro atoms. The summed E-state index contributed by atoms with van der Waals surface area (Å²) in [6.45, 7) is 7.29. The summed E-state index contributed by atoms with van der Waals surface area (Å²) in [5, 5.41) is 14.1. The van der Waals surface area contributed by atoms with Gasteiger partial charge in [0.15, 0.2) is 17.3 Å². The van der Waals surface area contributed by atoms with Crippen LogP contribution in [-0.2, 0) is 4.79 Å². The molecule has 0 saturated carbocycles. The first kappa shape index (κ1) is 27.1. The number of nitrogens with zero attached hydrogens (tertiary/aromatic N) is 1. The number of hydrogen-bond acceptors (Lipinski definition) is 7. The van der Waals surface area contributed by atoms with Gasteiger partial charge < -0.3 is 33.5 Å². The maximum absolute atomic E-state index is 13.8. The third kappa shape index (κ3) is 4.93. The second kappa shape index (κ2) is 11.6. The number of carbonyl (C=O) groups excluding carboxylic acids is 2. The zero-order chi connectivity index (χ0) is 27.4. The summed E-state index contributed by atoms with van der Waals surface area (Å²) in [6.07, 6.45) is 0.670. The number of benzene rings is 2. The summed E-state index contributed by atoms with van der Waals surface area (Å²) in [6, 6.07) is 11.2. The van der Waals surface area contributed by atoms with E-state index >= 15 is 0 Å². The van der Waals surface area contributed by atoms with Crippen molar-refractivity contribution in [2.75, 3.05) is 47.5 Å². The van der Waals surface area contributed by atoms with E-state index in [9.17, 15) is 14.7 Å². The molecule has 2 heterocycles. The van der Waals surface area contributed by atoms with Crippen molar-refractivity contribution in [1.82, 2.24) is 4.90 Å². The number of amides is 1. The van der Waals surface area contributed by atoms with Crippen molar-refractivity contribution >= 4 is 22.7 Å². The van der Waals surface area contributed by atoms with E-state index in [1.807, 2.05) is 12.1 Å². The van der Waals surface area contributed by atoms with E-state index in [4.69, 9.17) is 18.6 Å². The Labute approximate surface area is 222 Å². The SMILES string of the molecule is CC[NH+](CC)CCCN1C(=O)C([O-])=C(C(=O)c2cc3ccccc3o2)C1c1cc(OC)c(OC)c(OC)c1. The van der Waals surface area contributed by atoms with Gasteiger partial charge in [-0.05, 0) is 49.4 Å². The lowest BCUT2D eigenvalue weighted by molar-refractivity contribution is -0.896. The van der Waals surface area contributed by atoms with Gasteiger partial charge in [-0.25, -0.2) is 0 Å². The molecule has 9 heteroatoms. The van der Waals surface area contributed by atoms with Crippen LogP contribution in [0, 0.1) is 0 Å². The number of ketones is 1. The first-order valence-electron chi connectivity index (χ1n) is 12.8. The normalized spacial score (nSPS) is 15.6. The van der Waals surface area contributed by atoms with Crippen LogP contribution in [0.5, 0.6) is 17.2 Å². The molecule has 38 heavy (non-hydrogen) atoms. The third-order valence-electron chi connectivity index (χ3n) is 7.11. The number of para-hydroxylation sites is 1. The van der Waals surface area contributed by atoms with Crippen molar-refractivity contribution in [3.63, 3.8) is 0 Å². The maximum Gasteiger partial charge on any atom is 0.239 e. The van der Waals surface area contributed by atoms with E-state index in [2.05, 4.69) is 13.8 Å². The van der Waals surface area contributed by atoms with Crippen molar-refractivity contribution in [2.45, 2.75) is 26.3 Å². The number of quaternary nitrogens is 1. The number of carbonyl (C=O) groups is 2. The summed E-state index contributed by atoms with van der Waals surface area (Å²) < 4.78 is 22.3. The van der Waals surface area contributed by atoms with E-state index in [0.717, 1.165) is 25.0 Å². The van der Waals surface area contributed by atoms with Crippen molar-refractivity contribution in [2.24, 2.45) is 0 Å². The molecule has 0 saturated heterocycles. The van der Waals surface area contributed by atoms with Gasteiger partial charge in [0, 0.05) is 23.9 Å². The Bertz CT molecular complexity index is 1300. The second-order valence-corrected chi connectivity index (χ2v) is 9.14. The number of methoxy groups -OCH3 is 3. The number of fused-ring (bicyclic) bond motifs is 1. The molecular weight excluding hydrogens is 488 g/mol. The minimum atomic E-state index is -0.934. The molecule has 3 aromatic rings. The Morgan fingerprint density at radius 2 is 1.68 bits per heavy atom. The van der Waals surface area contributed by atoms with Gasteiger partial charge in [0.05, 0.1) is 47.0 Å². The average molecular weight is 523 g/mol. The average Bonchev–Trinajstić information content (AvgIpc) is 3.49. The van der Waals surface area contributed by atoms with Crippen molar-refractivity contribution < 1.29 is 38.2 Å².